The maximum absolute atomic E-state index is 13.1. The van der Waals surface area contributed by atoms with Crippen LogP contribution in [0.15, 0.2) is 58.5 Å². The zero-order chi connectivity index (χ0) is 25.7. The highest BCUT2D eigenvalue weighted by molar-refractivity contribution is 6.33. The van der Waals surface area contributed by atoms with Gasteiger partial charge in [0.2, 0.25) is 0 Å². The summed E-state index contributed by atoms with van der Waals surface area (Å²) in [6, 6.07) is 7.58. The van der Waals surface area contributed by atoms with Crippen molar-refractivity contribution in [3.8, 4) is 5.69 Å². The summed E-state index contributed by atoms with van der Waals surface area (Å²) in [6.45, 7) is -0.305. The van der Waals surface area contributed by atoms with Gasteiger partial charge in [0.05, 0.1) is 28.9 Å². The Morgan fingerprint density at radius 2 is 1.86 bits per heavy atom. The van der Waals surface area contributed by atoms with E-state index in [0.29, 0.717) is 5.56 Å². The Balaban J connectivity index is 1.59. The lowest BCUT2D eigenvalue weighted by molar-refractivity contribution is 0.0532. The molecule has 0 radical (unpaired) electrons. The molecule has 1 amide bonds. The van der Waals surface area contributed by atoms with E-state index in [4.69, 9.17) is 11.6 Å². The third-order valence-electron chi connectivity index (χ3n) is 6.45. The number of rotatable bonds is 7. The number of amides is 1. The Morgan fingerprint density at radius 1 is 1.11 bits per heavy atom. The highest BCUT2D eigenvalue weighted by atomic mass is 35.5. The quantitative estimate of drug-likeness (QED) is 0.325. The molecule has 1 aromatic carbocycles. The highest BCUT2D eigenvalue weighted by Gasteiger charge is 2.24. The van der Waals surface area contributed by atoms with Gasteiger partial charge in [-0.15, -0.1) is 0 Å². The summed E-state index contributed by atoms with van der Waals surface area (Å²) in [7, 11) is 0. The Hall–Kier alpha value is -3.34. The van der Waals surface area contributed by atoms with Crippen molar-refractivity contribution in [3.63, 3.8) is 0 Å². The van der Waals surface area contributed by atoms with E-state index in [0.717, 1.165) is 54.0 Å². The number of aliphatic hydroxyl groups is 2. The summed E-state index contributed by atoms with van der Waals surface area (Å²) in [5.41, 5.74) is -0.771. The molecule has 2 atom stereocenters. The van der Waals surface area contributed by atoms with E-state index in [1.54, 1.807) is 18.3 Å². The molecule has 1 saturated carbocycles. The second-order valence-electron chi connectivity index (χ2n) is 8.92. The molecule has 2 unspecified atom stereocenters. The van der Waals surface area contributed by atoms with Crippen LogP contribution in [0.1, 0.15) is 60.6 Å². The summed E-state index contributed by atoms with van der Waals surface area (Å²) in [5, 5.41) is 27.7. The Morgan fingerprint density at radius 3 is 2.56 bits per heavy atom. The van der Waals surface area contributed by atoms with E-state index in [2.05, 4.69) is 15.4 Å². The minimum absolute atomic E-state index is 0.0301. The molecule has 1 fully saturated rings. The molecule has 1 aliphatic rings. The number of carbonyl (C=O) groups excluding carboxylic acids is 1. The van der Waals surface area contributed by atoms with Gasteiger partial charge in [-0.2, -0.15) is 9.78 Å². The van der Waals surface area contributed by atoms with Crippen molar-refractivity contribution in [1.29, 1.82) is 0 Å². The normalized spacial score (nSPS) is 16.2. The standard InChI is InChI=1S/C25H28ClN5O5/c26-20-10-9-18(12-19(20)24(35)29-23(34)16-6-3-1-2-4-7-16)31-25(36)30(22(33)14-28-31)15-21(32)17-8-5-11-27-13-17/h5,8-14,16,21,23,32,34H,1-4,6-7,15H2,(H,29,35). The number of nitrogens with zero attached hydrogens (tertiary/aromatic N) is 4. The molecule has 190 valence electrons. The van der Waals surface area contributed by atoms with Crippen LogP contribution < -0.4 is 16.6 Å². The smallest absolute Gasteiger partial charge is 0.352 e. The zero-order valence-electron chi connectivity index (χ0n) is 19.6. The largest absolute Gasteiger partial charge is 0.386 e. The van der Waals surface area contributed by atoms with Gasteiger partial charge in [-0.1, -0.05) is 43.4 Å². The second-order valence-corrected chi connectivity index (χ2v) is 9.33. The van der Waals surface area contributed by atoms with Gasteiger partial charge < -0.3 is 15.5 Å². The molecule has 0 bridgehead atoms. The Kier molecular flexibility index (Phi) is 8.29. The van der Waals surface area contributed by atoms with E-state index < -0.39 is 29.5 Å². The molecular formula is C25H28ClN5O5. The molecule has 2 heterocycles. The van der Waals surface area contributed by atoms with Crippen LogP contribution >= 0.6 is 11.6 Å². The number of aliphatic hydroxyl groups excluding tert-OH is 2. The zero-order valence-corrected chi connectivity index (χ0v) is 20.3. The van der Waals surface area contributed by atoms with Crippen molar-refractivity contribution in [3.05, 3.63) is 85.9 Å². The molecular weight excluding hydrogens is 486 g/mol. The number of pyridine rings is 1. The van der Waals surface area contributed by atoms with Gasteiger partial charge in [0.1, 0.15) is 12.4 Å². The average molecular weight is 514 g/mol. The molecule has 3 N–H and O–H groups in total. The fraction of sp³-hybridized carbons (Fsp3) is 0.400. The number of halogens is 1. The van der Waals surface area contributed by atoms with Gasteiger partial charge in [-0.05, 0) is 37.1 Å². The molecule has 2 aromatic heterocycles. The fourth-order valence-corrected chi connectivity index (χ4v) is 4.61. The SMILES string of the molecule is O=C(NC(O)C1CCCCCC1)c1cc(-n2ncc(=O)n(CC(O)c3cccnc3)c2=O)ccc1Cl. The highest BCUT2D eigenvalue weighted by Crippen LogP contribution is 2.25. The number of benzene rings is 1. The molecule has 0 aliphatic heterocycles. The summed E-state index contributed by atoms with van der Waals surface area (Å²) >= 11 is 6.26. The number of hydrogen-bond donors (Lipinski definition) is 3. The van der Waals surface area contributed by atoms with Gasteiger partial charge in [-0.3, -0.25) is 19.1 Å². The topological polar surface area (TPSA) is 139 Å². The van der Waals surface area contributed by atoms with Crippen LogP contribution in [0.5, 0.6) is 0 Å². The van der Waals surface area contributed by atoms with Crippen LogP contribution in [0.25, 0.3) is 5.69 Å². The summed E-state index contributed by atoms with van der Waals surface area (Å²) in [5.74, 6) is -0.607. The first-order valence-electron chi connectivity index (χ1n) is 11.9. The third-order valence-corrected chi connectivity index (χ3v) is 6.78. The molecule has 11 heteroatoms. The second kappa shape index (κ2) is 11.6. The Bertz CT molecular complexity index is 1320. The van der Waals surface area contributed by atoms with Gasteiger partial charge in [0.25, 0.3) is 11.5 Å². The molecule has 3 aromatic rings. The van der Waals surface area contributed by atoms with Crippen molar-refractivity contribution >= 4 is 17.5 Å². The van der Waals surface area contributed by atoms with Crippen molar-refractivity contribution < 1.29 is 15.0 Å². The molecule has 4 rings (SSSR count). The molecule has 0 spiro atoms. The predicted molar refractivity (Wildman–Crippen MR) is 133 cm³/mol. The predicted octanol–water partition coefficient (Wildman–Crippen LogP) is 2.19. The number of nitrogens with one attached hydrogen (secondary N) is 1. The van der Waals surface area contributed by atoms with Crippen molar-refractivity contribution in [2.24, 2.45) is 5.92 Å². The maximum Gasteiger partial charge on any atom is 0.352 e. The summed E-state index contributed by atoms with van der Waals surface area (Å²) < 4.78 is 1.81. The maximum atomic E-state index is 13.1. The minimum Gasteiger partial charge on any atom is -0.386 e. The van der Waals surface area contributed by atoms with Gasteiger partial charge >= 0.3 is 5.69 Å². The van der Waals surface area contributed by atoms with Crippen LogP contribution in [-0.2, 0) is 6.54 Å². The van der Waals surface area contributed by atoms with Gasteiger partial charge in [0, 0.05) is 23.9 Å². The van der Waals surface area contributed by atoms with Crippen LogP contribution in [0.3, 0.4) is 0 Å². The van der Waals surface area contributed by atoms with E-state index in [1.807, 2.05) is 0 Å². The lowest BCUT2D eigenvalue weighted by Crippen LogP contribution is -2.41. The molecule has 0 saturated heterocycles. The van der Waals surface area contributed by atoms with E-state index >= 15 is 0 Å². The minimum atomic E-state index is -1.14. The van der Waals surface area contributed by atoms with Crippen LogP contribution in [-0.4, -0.2) is 41.7 Å². The lowest BCUT2D eigenvalue weighted by atomic mass is 9.98. The van der Waals surface area contributed by atoms with E-state index in [1.165, 1.54) is 24.4 Å². The third kappa shape index (κ3) is 5.89. The number of carbonyl (C=O) groups is 1. The molecule has 1 aliphatic carbocycles. The first-order chi connectivity index (χ1) is 17.3. The number of hydrogen-bond acceptors (Lipinski definition) is 7. The van der Waals surface area contributed by atoms with Crippen LogP contribution in [0, 0.1) is 5.92 Å². The van der Waals surface area contributed by atoms with Gasteiger partial charge in [-0.25, -0.2) is 4.79 Å². The summed E-state index contributed by atoms with van der Waals surface area (Å²) in [4.78, 5) is 42.3. The van der Waals surface area contributed by atoms with Crippen molar-refractivity contribution in [2.45, 2.75) is 57.4 Å². The molecule has 36 heavy (non-hydrogen) atoms. The van der Waals surface area contributed by atoms with Gasteiger partial charge in [0.15, 0.2) is 0 Å². The van der Waals surface area contributed by atoms with Crippen molar-refractivity contribution in [2.75, 3.05) is 0 Å². The van der Waals surface area contributed by atoms with Crippen LogP contribution in [0.2, 0.25) is 5.02 Å². The summed E-state index contributed by atoms with van der Waals surface area (Å²) in [6.07, 6.45) is 7.73. The average Bonchev–Trinajstić information content (AvgIpc) is 3.17. The Labute approximate surface area is 212 Å². The van der Waals surface area contributed by atoms with Crippen molar-refractivity contribution in [1.82, 2.24) is 24.6 Å². The fourth-order valence-electron chi connectivity index (χ4n) is 4.41. The molecule has 10 nitrogen and oxygen atoms in total. The first-order valence-corrected chi connectivity index (χ1v) is 12.3. The number of aromatic nitrogens is 4. The monoisotopic (exact) mass is 513 g/mol. The van der Waals surface area contributed by atoms with Crippen LogP contribution in [0.4, 0.5) is 0 Å². The first kappa shape index (κ1) is 25.7. The van der Waals surface area contributed by atoms with E-state index in [-0.39, 0.29) is 28.7 Å². The lowest BCUT2D eigenvalue weighted by Gasteiger charge is -2.22. The van der Waals surface area contributed by atoms with E-state index in [9.17, 15) is 24.6 Å².